The fraction of sp³-hybridized carbons (Fsp3) is 0.652. The summed E-state index contributed by atoms with van der Waals surface area (Å²) in [5, 5.41) is 20.3. The molecule has 164 valence electrons. The zero-order valence-electron chi connectivity index (χ0n) is 18.4. The van der Waals surface area contributed by atoms with Crippen molar-refractivity contribution in [2.75, 3.05) is 13.7 Å². The Kier molecular flexibility index (Phi) is 9.80. The molecular formula is C23H36O6. The summed E-state index contributed by atoms with van der Waals surface area (Å²) in [5.74, 6) is -1.62. The van der Waals surface area contributed by atoms with Gasteiger partial charge in [0.2, 0.25) is 0 Å². The lowest BCUT2D eigenvalue weighted by Crippen LogP contribution is -2.35. The van der Waals surface area contributed by atoms with Gasteiger partial charge in [0.05, 0.1) is 24.7 Å². The fourth-order valence-corrected chi connectivity index (χ4v) is 3.51. The Labute approximate surface area is 174 Å². The molecule has 3 atom stereocenters. The highest BCUT2D eigenvalue weighted by molar-refractivity contribution is 5.76. The van der Waals surface area contributed by atoms with Crippen molar-refractivity contribution in [2.45, 2.75) is 71.5 Å². The molecule has 6 nitrogen and oxygen atoms in total. The van der Waals surface area contributed by atoms with E-state index in [9.17, 15) is 19.8 Å². The van der Waals surface area contributed by atoms with Crippen LogP contribution in [0.4, 0.5) is 0 Å². The Balaban J connectivity index is 3.33. The van der Waals surface area contributed by atoms with Crippen molar-refractivity contribution < 1.29 is 29.3 Å². The molecule has 1 rings (SSSR count). The number of hydrogen-bond acceptors (Lipinski definition) is 6. The van der Waals surface area contributed by atoms with Gasteiger partial charge in [-0.1, -0.05) is 29.9 Å². The van der Waals surface area contributed by atoms with Crippen LogP contribution < -0.4 is 0 Å². The third-order valence-electron chi connectivity index (χ3n) is 5.44. The third kappa shape index (κ3) is 8.15. The van der Waals surface area contributed by atoms with Crippen LogP contribution in [0.2, 0.25) is 0 Å². The summed E-state index contributed by atoms with van der Waals surface area (Å²) in [5.41, 5.74) is 1.47. The van der Waals surface area contributed by atoms with Gasteiger partial charge in [0.1, 0.15) is 6.61 Å². The van der Waals surface area contributed by atoms with Crippen molar-refractivity contribution in [2.24, 2.45) is 11.8 Å². The Morgan fingerprint density at radius 3 is 2.59 bits per heavy atom. The van der Waals surface area contributed by atoms with Crippen LogP contribution in [0.1, 0.15) is 59.8 Å². The zero-order valence-corrected chi connectivity index (χ0v) is 18.4. The Hall–Kier alpha value is -1.92. The molecule has 0 spiro atoms. The van der Waals surface area contributed by atoms with Crippen LogP contribution in [-0.4, -0.2) is 47.6 Å². The number of esters is 2. The molecule has 0 heterocycles. The van der Waals surface area contributed by atoms with Crippen LogP contribution in [-0.2, 0) is 19.1 Å². The van der Waals surface area contributed by atoms with Crippen LogP contribution in [0.15, 0.2) is 35.5 Å². The first-order chi connectivity index (χ1) is 13.5. The van der Waals surface area contributed by atoms with Gasteiger partial charge in [-0.15, -0.1) is 0 Å². The lowest BCUT2D eigenvalue weighted by molar-refractivity contribution is -0.145. The Bertz CT molecular complexity index is 653. The highest BCUT2D eigenvalue weighted by atomic mass is 16.5. The summed E-state index contributed by atoms with van der Waals surface area (Å²) in [4.78, 5) is 24.1. The van der Waals surface area contributed by atoms with E-state index in [1.807, 2.05) is 0 Å². The summed E-state index contributed by atoms with van der Waals surface area (Å²) >= 11 is 0. The van der Waals surface area contributed by atoms with E-state index in [0.29, 0.717) is 12.8 Å². The minimum absolute atomic E-state index is 0.0160. The maximum Gasteiger partial charge on any atom is 0.313 e. The number of rotatable bonds is 7. The molecule has 0 bridgehead atoms. The molecule has 0 amide bonds. The third-order valence-corrected chi connectivity index (χ3v) is 5.44. The van der Waals surface area contributed by atoms with Crippen LogP contribution in [0, 0.1) is 11.8 Å². The molecule has 0 aromatic carbocycles. The quantitative estimate of drug-likeness (QED) is 0.495. The SMILES string of the molecule is C=C1CC/C=C(\C)CC[C@H](/C(=C\C[C@H](O)C(C)(C)O)COC(C)=O)[C@H]1C(=O)OC. The lowest BCUT2D eigenvalue weighted by atomic mass is 9.77. The lowest BCUT2D eigenvalue weighted by Gasteiger charge is -2.30. The normalized spacial score (nSPS) is 24.4. The first-order valence-corrected chi connectivity index (χ1v) is 10.1. The summed E-state index contributed by atoms with van der Waals surface area (Å²) in [6, 6.07) is 0. The summed E-state index contributed by atoms with van der Waals surface area (Å²) in [6.45, 7) is 10.6. The average molecular weight is 409 g/mol. The van der Waals surface area contributed by atoms with E-state index in [-0.39, 0.29) is 24.9 Å². The van der Waals surface area contributed by atoms with Crippen molar-refractivity contribution in [3.63, 3.8) is 0 Å². The maximum atomic E-state index is 12.7. The van der Waals surface area contributed by atoms with Gasteiger partial charge in [-0.05, 0) is 58.4 Å². The second-order valence-electron chi connectivity index (χ2n) is 8.36. The van der Waals surface area contributed by atoms with Gasteiger partial charge < -0.3 is 19.7 Å². The molecule has 0 aliphatic heterocycles. The highest BCUT2D eigenvalue weighted by Gasteiger charge is 2.35. The van der Waals surface area contributed by atoms with Crippen molar-refractivity contribution in [3.05, 3.63) is 35.5 Å². The van der Waals surface area contributed by atoms with Crippen LogP contribution >= 0.6 is 0 Å². The molecular weight excluding hydrogens is 372 g/mol. The second-order valence-corrected chi connectivity index (χ2v) is 8.36. The number of allylic oxidation sites excluding steroid dienone is 2. The van der Waals surface area contributed by atoms with Crippen molar-refractivity contribution in [1.29, 1.82) is 0 Å². The zero-order chi connectivity index (χ0) is 22.2. The second kappa shape index (κ2) is 11.3. The Morgan fingerprint density at radius 2 is 2.03 bits per heavy atom. The molecule has 2 N–H and O–H groups in total. The highest BCUT2D eigenvalue weighted by Crippen LogP contribution is 2.36. The van der Waals surface area contributed by atoms with Gasteiger partial charge in [-0.3, -0.25) is 9.59 Å². The first-order valence-electron chi connectivity index (χ1n) is 10.1. The minimum Gasteiger partial charge on any atom is -0.469 e. The predicted molar refractivity (Wildman–Crippen MR) is 112 cm³/mol. The molecule has 6 heteroatoms. The summed E-state index contributed by atoms with van der Waals surface area (Å²) < 4.78 is 10.3. The van der Waals surface area contributed by atoms with Gasteiger partial charge in [0.15, 0.2) is 0 Å². The van der Waals surface area contributed by atoms with Gasteiger partial charge in [0, 0.05) is 12.8 Å². The van der Waals surface area contributed by atoms with E-state index in [1.165, 1.54) is 33.5 Å². The predicted octanol–water partition coefficient (Wildman–Crippen LogP) is 3.48. The average Bonchev–Trinajstić information content (AvgIpc) is 2.69. The van der Waals surface area contributed by atoms with Crippen molar-refractivity contribution in [1.82, 2.24) is 0 Å². The number of carbonyl (C=O) groups is 2. The molecule has 1 aliphatic rings. The monoisotopic (exact) mass is 408 g/mol. The summed E-state index contributed by atoms with van der Waals surface area (Å²) in [6.07, 6.45) is 6.04. The smallest absolute Gasteiger partial charge is 0.313 e. The number of hydrogen-bond donors (Lipinski definition) is 2. The molecule has 0 saturated heterocycles. The number of aliphatic hydroxyl groups excluding tert-OH is 1. The Morgan fingerprint density at radius 1 is 1.38 bits per heavy atom. The molecule has 0 fully saturated rings. The van der Waals surface area contributed by atoms with Gasteiger partial charge in [-0.25, -0.2) is 0 Å². The number of carbonyl (C=O) groups excluding carboxylic acids is 2. The minimum atomic E-state index is -1.27. The molecule has 0 saturated carbocycles. The largest absolute Gasteiger partial charge is 0.469 e. The molecule has 0 aromatic heterocycles. The van der Waals surface area contributed by atoms with Gasteiger partial charge >= 0.3 is 11.9 Å². The molecule has 0 radical (unpaired) electrons. The van der Waals surface area contributed by atoms with Crippen LogP contribution in [0.25, 0.3) is 0 Å². The van der Waals surface area contributed by atoms with Crippen LogP contribution in [0.3, 0.4) is 0 Å². The van der Waals surface area contributed by atoms with Crippen molar-refractivity contribution in [3.8, 4) is 0 Å². The maximum absolute atomic E-state index is 12.7. The van der Waals surface area contributed by atoms with E-state index < -0.39 is 23.6 Å². The van der Waals surface area contributed by atoms with Crippen LogP contribution in [0.5, 0.6) is 0 Å². The van der Waals surface area contributed by atoms with E-state index in [0.717, 1.165) is 24.0 Å². The number of ether oxygens (including phenoxy) is 2. The van der Waals surface area contributed by atoms with Crippen molar-refractivity contribution >= 4 is 11.9 Å². The van der Waals surface area contributed by atoms with E-state index in [1.54, 1.807) is 6.08 Å². The van der Waals surface area contributed by atoms with Gasteiger partial charge in [-0.2, -0.15) is 0 Å². The fourth-order valence-electron chi connectivity index (χ4n) is 3.51. The molecule has 0 aromatic rings. The van der Waals surface area contributed by atoms with E-state index in [2.05, 4.69) is 19.6 Å². The summed E-state index contributed by atoms with van der Waals surface area (Å²) in [7, 11) is 1.36. The topological polar surface area (TPSA) is 93.1 Å². The first kappa shape index (κ1) is 25.1. The molecule has 29 heavy (non-hydrogen) atoms. The standard InChI is InChI=1S/C23H36O6/c1-15-8-7-9-16(2)21(22(26)28-6)19(12-10-15)18(14-29-17(3)24)11-13-20(25)23(4,5)27/h8,11,19-21,25,27H,2,7,9-10,12-14H2,1,3-6H3/b15-8+,18-11-/t19-,20+,21+/m1/s1. The van der Waals surface area contributed by atoms with E-state index in [4.69, 9.17) is 9.47 Å². The number of methoxy groups -OCH3 is 1. The van der Waals surface area contributed by atoms with E-state index >= 15 is 0 Å². The number of aliphatic hydroxyl groups is 2. The molecule has 0 unspecified atom stereocenters. The van der Waals surface area contributed by atoms with Gasteiger partial charge in [0.25, 0.3) is 0 Å². The molecule has 1 aliphatic carbocycles.